The minimum atomic E-state index is -0.683. The van der Waals surface area contributed by atoms with E-state index in [1.54, 1.807) is 0 Å². The van der Waals surface area contributed by atoms with Crippen molar-refractivity contribution in [3.8, 4) is 0 Å². The molecule has 1 saturated heterocycles. The van der Waals surface area contributed by atoms with Gasteiger partial charge in [-0.3, -0.25) is 14.7 Å². The molecule has 0 spiro atoms. The first kappa shape index (κ1) is 18.1. The summed E-state index contributed by atoms with van der Waals surface area (Å²) in [5.74, 6) is -0.925. The fraction of sp³-hybridized carbons (Fsp3) is 0.273. The lowest BCUT2D eigenvalue weighted by Gasteiger charge is -2.36. The van der Waals surface area contributed by atoms with Crippen molar-refractivity contribution in [1.29, 1.82) is 0 Å². The maximum absolute atomic E-state index is 11.3. The number of fused-ring (bicyclic) bond motifs is 1. The highest BCUT2D eigenvalue weighted by molar-refractivity contribution is 9.10. The van der Waals surface area contributed by atoms with E-state index in [0.29, 0.717) is 12.8 Å². The number of rotatable bonds is 4. The number of halogens is 1. The molecule has 5 heteroatoms. The number of para-hydroxylation sites is 1. The molecule has 1 atom stereocenters. The zero-order chi connectivity index (χ0) is 18.8. The van der Waals surface area contributed by atoms with Gasteiger partial charge in [0.1, 0.15) is 0 Å². The molecule has 0 bridgehead atoms. The lowest BCUT2D eigenvalue weighted by molar-refractivity contribution is -0.143. The van der Waals surface area contributed by atoms with E-state index >= 15 is 0 Å². The largest absolute Gasteiger partial charge is 0.481 e. The molecule has 4 nitrogen and oxygen atoms in total. The third-order valence-corrected chi connectivity index (χ3v) is 5.80. The van der Waals surface area contributed by atoms with Gasteiger partial charge in [-0.05, 0) is 55.8 Å². The molecule has 3 aromatic rings. The van der Waals surface area contributed by atoms with Gasteiger partial charge in [0, 0.05) is 9.86 Å². The van der Waals surface area contributed by atoms with Crippen molar-refractivity contribution in [2.75, 3.05) is 13.1 Å². The third kappa shape index (κ3) is 3.89. The van der Waals surface area contributed by atoms with E-state index in [4.69, 9.17) is 4.98 Å². The van der Waals surface area contributed by atoms with Crippen molar-refractivity contribution in [3.63, 3.8) is 0 Å². The van der Waals surface area contributed by atoms with Crippen molar-refractivity contribution < 1.29 is 9.90 Å². The van der Waals surface area contributed by atoms with E-state index in [0.717, 1.165) is 34.2 Å². The number of nitrogens with zero attached hydrogens (tertiary/aromatic N) is 2. The highest BCUT2D eigenvalue weighted by Gasteiger charge is 2.31. The summed E-state index contributed by atoms with van der Waals surface area (Å²) in [7, 11) is 0. The lowest BCUT2D eigenvalue weighted by Crippen LogP contribution is -2.39. The Bertz CT molecular complexity index is 967. The Morgan fingerprint density at radius 2 is 1.85 bits per heavy atom. The molecule has 1 fully saturated rings. The first-order valence-electron chi connectivity index (χ1n) is 9.20. The fourth-order valence-corrected chi connectivity index (χ4v) is 4.30. The number of piperidine rings is 1. The van der Waals surface area contributed by atoms with Gasteiger partial charge in [-0.1, -0.05) is 52.3 Å². The van der Waals surface area contributed by atoms with Crippen LogP contribution in [0.1, 0.15) is 30.1 Å². The molecular formula is C22H21BrN2O2. The molecule has 1 unspecified atom stereocenters. The molecular weight excluding hydrogens is 404 g/mol. The second-order valence-corrected chi connectivity index (χ2v) is 7.95. The van der Waals surface area contributed by atoms with Crippen LogP contribution in [-0.2, 0) is 4.79 Å². The van der Waals surface area contributed by atoms with Crippen LogP contribution < -0.4 is 0 Å². The highest BCUT2D eigenvalue weighted by Crippen LogP contribution is 2.33. The van der Waals surface area contributed by atoms with Gasteiger partial charge in [0.15, 0.2) is 0 Å². The Labute approximate surface area is 167 Å². The maximum atomic E-state index is 11.3. The van der Waals surface area contributed by atoms with Crippen molar-refractivity contribution in [3.05, 3.63) is 76.4 Å². The number of benzene rings is 2. The summed E-state index contributed by atoms with van der Waals surface area (Å²) in [4.78, 5) is 18.6. The number of pyridine rings is 1. The summed E-state index contributed by atoms with van der Waals surface area (Å²) < 4.78 is 1.03. The van der Waals surface area contributed by atoms with Crippen molar-refractivity contribution >= 4 is 32.8 Å². The van der Waals surface area contributed by atoms with Gasteiger partial charge >= 0.3 is 5.97 Å². The molecule has 2 heterocycles. The molecule has 0 amide bonds. The second kappa shape index (κ2) is 7.79. The second-order valence-electron chi connectivity index (χ2n) is 7.03. The van der Waals surface area contributed by atoms with Gasteiger partial charge in [0.25, 0.3) is 0 Å². The number of carboxylic acid groups (broad SMARTS) is 1. The minimum Gasteiger partial charge on any atom is -0.481 e. The van der Waals surface area contributed by atoms with Crippen molar-refractivity contribution in [2.24, 2.45) is 5.92 Å². The van der Waals surface area contributed by atoms with Gasteiger partial charge < -0.3 is 5.11 Å². The third-order valence-electron chi connectivity index (χ3n) is 5.31. The molecule has 1 aromatic heterocycles. The Kier molecular flexibility index (Phi) is 5.23. The van der Waals surface area contributed by atoms with Crippen LogP contribution in [0.15, 0.2) is 65.1 Å². The topological polar surface area (TPSA) is 53.4 Å². The van der Waals surface area contributed by atoms with Crippen LogP contribution >= 0.6 is 15.9 Å². The molecule has 1 aliphatic heterocycles. The molecule has 1 aliphatic rings. The van der Waals surface area contributed by atoms with Gasteiger partial charge in [-0.25, -0.2) is 0 Å². The maximum Gasteiger partial charge on any atom is 0.306 e. The fourth-order valence-electron chi connectivity index (χ4n) is 3.88. The Balaban J connectivity index is 1.72. The number of aliphatic carboxylic acids is 1. The van der Waals surface area contributed by atoms with Gasteiger partial charge in [-0.2, -0.15) is 0 Å². The lowest BCUT2D eigenvalue weighted by atomic mass is 9.93. The molecule has 4 rings (SSSR count). The number of carboxylic acids is 1. The Morgan fingerprint density at radius 3 is 2.59 bits per heavy atom. The SMILES string of the molecule is O=C(O)C1CCN(C(c2cccc(Br)c2)c2ccc3ccccc3n2)CC1. The highest BCUT2D eigenvalue weighted by atomic mass is 79.9. The summed E-state index contributed by atoms with van der Waals surface area (Å²) in [6.07, 6.45) is 1.35. The van der Waals surface area contributed by atoms with E-state index < -0.39 is 5.97 Å². The molecule has 1 N–H and O–H groups in total. The average Bonchev–Trinajstić information content (AvgIpc) is 2.68. The van der Waals surface area contributed by atoms with E-state index in [1.165, 1.54) is 5.56 Å². The summed E-state index contributed by atoms with van der Waals surface area (Å²) in [6, 6.07) is 20.7. The number of likely N-dealkylation sites (tertiary alicyclic amines) is 1. The predicted octanol–water partition coefficient (Wildman–Crippen LogP) is 4.88. The number of hydrogen-bond donors (Lipinski definition) is 1. The zero-order valence-electron chi connectivity index (χ0n) is 14.9. The van der Waals surface area contributed by atoms with E-state index in [9.17, 15) is 9.90 Å². The Hall–Kier alpha value is -2.24. The van der Waals surface area contributed by atoms with Crippen LogP contribution in [0.4, 0.5) is 0 Å². The normalized spacial score (nSPS) is 17.1. The monoisotopic (exact) mass is 424 g/mol. The van der Waals surface area contributed by atoms with Crippen LogP contribution in [0.2, 0.25) is 0 Å². The minimum absolute atomic E-state index is 0.0156. The molecule has 138 valence electrons. The smallest absolute Gasteiger partial charge is 0.306 e. The molecule has 0 saturated carbocycles. The van der Waals surface area contributed by atoms with E-state index in [1.807, 2.05) is 30.3 Å². The van der Waals surface area contributed by atoms with E-state index in [2.05, 4.69) is 51.2 Å². The number of hydrogen-bond acceptors (Lipinski definition) is 3. The predicted molar refractivity (Wildman–Crippen MR) is 110 cm³/mol. The van der Waals surface area contributed by atoms with Gasteiger partial charge in [0.2, 0.25) is 0 Å². The van der Waals surface area contributed by atoms with Crippen LogP contribution in [0, 0.1) is 5.92 Å². The first-order valence-corrected chi connectivity index (χ1v) is 9.99. The Morgan fingerprint density at radius 1 is 1.07 bits per heavy atom. The van der Waals surface area contributed by atoms with Gasteiger partial charge in [0.05, 0.1) is 23.2 Å². The molecule has 27 heavy (non-hydrogen) atoms. The van der Waals surface area contributed by atoms with Crippen LogP contribution in [0.25, 0.3) is 10.9 Å². The zero-order valence-corrected chi connectivity index (χ0v) is 16.5. The summed E-state index contributed by atoms with van der Waals surface area (Å²) in [5, 5.41) is 10.4. The average molecular weight is 425 g/mol. The van der Waals surface area contributed by atoms with Gasteiger partial charge in [-0.15, -0.1) is 0 Å². The van der Waals surface area contributed by atoms with Crippen LogP contribution in [0.3, 0.4) is 0 Å². The van der Waals surface area contributed by atoms with Crippen LogP contribution in [0.5, 0.6) is 0 Å². The van der Waals surface area contributed by atoms with Crippen molar-refractivity contribution in [2.45, 2.75) is 18.9 Å². The first-order chi connectivity index (χ1) is 13.1. The quantitative estimate of drug-likeness (QED) is 0.647. The van der Waals surface area contributed by atoms with Crippen LogP contribution in [-0.4, -0.2) is 34.0 Å². The van der Waals surface area contributed by atoms with Crippen molar-refractivity contribution in [1.82, 2.24) is 9.88 Å². The standard InChI is InChI=1S/C22H21BrN2O2/c23-18-6-3-5-17(14-18)21(25-12-10-16(11-13-25)22(26)27)20-9-8-15-4-1-2-7-19(15)24-20/h1-9,14,16,21H,10-13H2,(H,26,27). The van der Waals surface area contributed by atoms with E-state index in [-0.39, 0.29) is 12.0 Å². The summed E-state index contributed by atoms with van der Waals surface area (Å²) in [5.41, 5.74) is 3.15. The molecule has 0 aliphatic carbocycles. The molecule has 2 aromatic carbocycles. The summed E-state index contributed by atoms with van der Waals surface area (Å²) in [6.45, 7) is 1.51. The molecule has 0 radical (unpaired) electrons. The number of aromatic nitrogens is 1. The summed E-state index contributed by atoms with van der Waals surface area (Å²) >= 11 is 3.58. The number of carbonyl (C=O) groups is 1.